The molecule has 2 rings (SSSR count). The lowest BCUT2D eigenvalue weighted by Crippen LogP contribution is -1.92. The zero-order valence-corrected chi connectivity index (χ0v) is 11.6. The van der Waals surface area contributed by atoms with Crippen LogP contribution in [-0.4, -0.2) is 9.97 Å². The third-order valence-electron chi connectivity index (χ3n) is 1.73. The van der Waals surface area contributed by atoms with Gasteiger partial charge in [0.25, 0.3) is 0 Å². The second-order valence-electron chi connectivity index (χ2n) is 2.85. The molecule has 0 unspecified atom stereocenters. The van der Waals surface area contributed by atoms with E-state index in [4.69, 9.17) is 4.74 Å². The Bertz CT molecular complexity index is 524. The van der Waals surface area contributed by atoms with Crippen LogP contribution in [0.3, 0.4) is 0 Å². The molecule has 0 saturated heterocycles. The van der Waals surface area contributed by atoms with E-state index in [1.165, 1.54) is 24.5 Å². The lowest BCUT2D eigenvalue weighted by atomic mass is 10.3. The molecule has 82 valence electrons. The molecule has 0 aliphatic heterocycles. The molecule has 1 aromatic heterocycles. The molecule has 0 aliphatic rings. The van der Waals surface area contributed by atoms with E-state index in [9.17, 15) is 4.39 Å². The van der Waals surface area contributed by atoms with Crippen molar-refractivity contribution in [2.24, 2.45) is 0 Å². The van der Waals surface area contributed by atoms with Gasteiger partial charge in [0.05, 0.1) is 8.04 Å². The molecule has 0 radical (unpaired) electrons. The number of rotatable bonds is 2. The maximum absolute atomic E-state index is 12.9. The van der Waals surface area contributed by atoms with Gasteiger partial charge in [0.2, 0.25) is 5.88 Å². The van der Waals surface area contributed by atoms with Gasteiger partial charge < -0.3 is 4.74 Å². The molecule has 2 aromatic rings. The first-order valence-corrected chi connectivity index (χ1v) is 6.12. The van der Waals surface area contributed by atoms with Crippen molar-refractivity contribution in [1.29, 1.82) is 0 Å². The largest absolute Gasteiger partial charge is 0.437 e. The van der Waals surface area contributed by atoms with E-state index >= 15 is 0 Å². The second-order valence-corrected chi connectivity index (χ2v) is 4.87. The van der Waals surface area contributed by atoms with E-state index < -0.39 is 0 Å². The van der Waals surface area contributed by atoms with Crippen molar-refractivity contribution in [1.82, 2.24) is 9.97 Å². The van der Waals surface area contributed by atoms with Crippen LogP contribution in [0.25, 0.3) is 0 Å². The monoisotopic (exact) mass is 394 g/mol. The number of nitrogens with zero attached hydrogens (tertiary/aromatic N) is 2. The molecule has 0 amide bonds. The van der Waals surface area contributed by atoms with E-state index in [2.05, 4.69) is 48.5 Å². The Labute approximate surface area is 113 Å². The summed E-state index contributed by atoms with van der Waals surface area (Å²) in [5, 5.41) is 0. The van der Waals surface area contributed by atoms with Crippen LogP contribution in [0.2, 0.25) is 0 Å². The molecular formula is C10H5BrFIN2O. The van der Waals surface area contributed by atoms with Crippen LogP contribution < -0.4 is 4.74 Å². The predicted molar refractivity (Wildman–Crippen MR) is 68.9 cm³/mol. The zero-order chi connectivity index (χ0) is 11.5. The van der Waals surface area contributed by atoms with E-state index in [0.717, 1.165) is 3.57 Å². The summed E-state index contributed by atoms with van der Waals surface area (Å²) in [6, 6.07) is 4.20. The average Bonchev–Trinajstić information content (AvgIpc) is 2.25. The van der Waals surface area contributed by atoms with Crippen LogP contribution in [-0.2, 0) is 0 Å². The summed E-state index contributed by atoms with van der Waals surface area (Å²) in [7, 11) is 0. The number of halogens is 3. The van der Waals surface area contributed by atoms with Crippen LogP contribution in [0.15, 0.2) is 35.2 Å². The summed E-state index contributed by atoms with van der Waals surface area (Å²) in [5.41, 5.74) is 0. The van der Waals surface area contributed by atoms with Crippen LogP contribution in [0.1, 0.15) is 0 Å². The highest BCUT2D eigenvalue weighted by atomic mass is 127. The quantitative estimate of drug-likeness (QED) is 0.727. The SMILES string of the molecule is Fc1ccc(Oc2ncncc2I)c(Br)c1. The molecule has 0 bridgehead atoms. The minimum atomic E-state index is -0.323. The minimum Gasteiger partial charge on any atom is -0.437 e. The molecule has 0 saturated carbocycles. The first-order valence-electron chi connectivity index (χ1n) is 4.25. The molecule has 0 aliphatic carbocycles. The Kier molecular flexibility index (Phi) is 3.70. The van der Waals surface area contributed by atoms with Crippen molar-refractivity contribution in [3.05, 3.63) is 44.6 Å². The Balaban J connectivity index is 2.31. The van der Waals surface area contributed by atoms with Gasteiger partial charge in [-0.05, 0) is 56.7 Å². The lowest BCUT2D eigenvalue weighted by molar-refractivity contribution is 0.453. The van der Waals surface area contributed by atoms with Gasteiger partial charge >= 0.3 is 0 Å². The smallest absolute Gasteiger partial charge is 0.235 e. The lowest BCUT2D eigenvalue weighted by Gasteiger charge is -2.07. The number of aromatic nitrogens is 2. The normalized spacial score (nSPS) is 10.2. The highest BCUT2D eigenvalue weighted by Crippen LogP contribution is 2.30. The minimum absolute atomic E-state index is 0.323. The molecule has 3 nitrogen and oxygen atoms in total. The molecule has 0 fully saturated rings. The van der Waals surface area contributed by atoms with E-state index in [-0.39, 0.29) is 5.82 Å². The maximum atomic E-state index is 12.9. The van der Waals surface area contributed by atoms with Gasteiger partial charge in [0, 0.05) is 6.20 Å². The molecule has 16 heavy (non-hydrogen) atoms. The summed E-state index contributed by atoms with van der Waals surface area (Å²) >= 11 is 5.28. The van der Waals surface area contributed by atoms with Crippen LogP contribution in [0.5, 0.6) is 11.6 Å². The topological polar surface area (TPSA) is 35.0 Å². The third-order valence-corrected chi connectivity index (χ3v) is 3.09. The van der Waals surface area contributed by atoms with E-state index in [1.807, 2.05) is 0 Å². The van der Waals surface area contributed by atoms with E-state index in [1.54, 1.807) is 6.20 Å². The predicted octanol–water partition coefficient (Wildman–Crippen LogP) is 3.78. The number of ether oxygens (including phenoxy) is 1. The maximum Gasteiger partial charge on any atom is 0.235 e. The molecule has 0 N–H and O–H groups in total. The highest BCUT2D eigenvalue weighted by molar-refractivity contribution is 14.1. The number of hydrogen-bond donors (Lipinski definition) is 0. The van der Waals surface area contributed by atoms with Gasteiger partial charge in [-0.2, -0.15) is 0 Å². The van der Waals surface area contributed by atoms with Crippen molar-refractivity contribution in [3.8, 4) is 11.6 Å². The Morgan fingerprint density at radius 1 is 1.38 bits per heavy atom. The summed E-state index contributed by atoms with van der Waals surface area (Å²) in [6.07, 6.45) is 3.04. The van der Waals surface area contributed by atoms with E-state index in [0.29, 0.717) is 16.1 Å². The first kappa shape index (κ1) is 11.7. The number of benzene rings is 1. The van der Waals surface area contributed by atoms with Gasteiger partial charge in [-0.1, -0.05) is 0 Å². The van der Waals surface area contributed by atoms with Crippen LogP contribution >= 0.6 is 38.5 Å². The van der Waals surface area contributed by atoms with Gasteiger partial charge in [-0.15, -0.1) is 0 Å². The number of hydrogen-bond acceptors (Lipinski definition) is 3. The van der Waals surface area contributed by atoms with Gasteiger partial charge in [-0.3, -0.25) is 0 Å². The van der Waals surface area contributed by atoms with Crippen molar-refractivity contribution in [2.75, 3.05) is 0 Å². The molecule has 1 heterocycles. The van der Waals surface area contributed by atoms with Crippen molar-refractivity contribution >= 4 is 38.5 Å². The fourth-order valence-electron chi connectivity index (χ4n) is 1.04. The summed E-state index contributed by atoms with van der Waals surface area (Å²) in [5.74, 6) is 0.637. The molecule has 1 aromatic carbocycles. The standard InChI is InChI=1S/C10H5BrFIN2O/c11-7-3-6(12)1-2-9(7)16-10-8(13)4-14-5-15-10/h1-5H. The Morgan fingerprint density at radius 3 is 2.88 bits per heavy atom. The fraction of sp³-hybridized carbons (Fsp3) is 0. The van der Waals surface area contributed by atoms with Crippen molar-refractivity contribution < 1.29 is 9.13 Å². The van der Waals surface area contributed by atoms with Gasteiger partial charge in [0.15, 0.2) is 0 Å². The van der Waals surface area contributed by atoms with Crippen molar-refractivity contribution in [2.45, 2.75) is 0 Å². The summed E-state index contributed by atoms with van der Waals surface area (Å²) in [4.78, 5) is 7.83. The fourth-order valence-corrected chi connectivity index (χ4v) is 1.88. The molecule has 0 spiro atoms. The van der Waals surface area contributed by atoms with Gasteiger partial charge in [0.1, 0.15) is 17.9 Å². The summed E-state index contributed by atoms with van der Waals surface area (Å²) < 4.78 is 19.7. The molecule has 6 heteroatoms. The second kappa shape index (κ2) is 5.05. The van der Waals surface area contributed by atoms with Gasteiger partial charge in [-0.25, -0.2) is 14.4 Å². The van der Waals surface area contributed by atoms with Crippen LogP contribution in [0, 0.1) is 9.39 Å². The Morgan fingerprint density at radius 2 is 2.19 bits per heavy atom. The summed E-state index contributed by atoms with van der Waals surface area (Å²) in [6.45, 7) is 0. The first-order chi connectivity index (χ1) is 7.66. The third kappa shape index (κ3) is 2.67. The molecular weight excluding hydrogens is 390 g/mol. The van der Waals surface area contributed by atoms with Crippen LogP contribution in [0.4, 0.5) is 4.39 Å². The highest BCUT2D eigenvalue weighted by Gasteiger charge is 2.07. The Hall–Kier alpha value is -0.760. The zero-order valence-electron chi connectivity index (χ0n) is 7.82. The molecule has 0 atom stereocenters. The van der Waals surface area contributed by atoms with Crippen molar-refractivity contribution in [3.63, 3.8) is 0 Å². The average molecular weight is 395 g/mol.